The van der Waals surface area contributed by atoms with Gasteiger partial charge in [-0.25, -0.2) is 9.37 Å². The summed E-state index contributed by atoms with van der Waals surface area (Å²) in [6.45, 7) is 5.61. The number of hydrogen-bond acceptors (Lipinski definition) is 6. The van der Waals surface area contributed by atoms with Crippen molar-refractivity contribution in [3.63, 3.8) is 0 Å². The summed E-state index contributed by atoms with van der Waals surface area (Å²) in [5, 5.41) is 12.6. The van der Waals surface area contributed by atoms with Crippen molar-refractivity contribution in [1.29, 1.82) is 0 Å². The highest BCUT2D eigenvalue weighted by molar-refractivity contribution is 6.35. The number of halogens is 2. The Morgan fingerprint density at radius 2 is 1.93 bits per heavy atom. The molecule has 1 aromatic heterocycles. The number of hydrogen-bond donors (Lipinski definition) is 1. The molecule has 3 aliphatic heterocycles. The SMILES string of the molecule is C=CC(=O)N1CCC2(CC1)C(=O)N(C)c1c(OCC3CCCN3C)nc3c(F)c(-c4cc(O)cc5ccccc45)c(Cl)cc3c12. The van der Waals surface area contributed by atoms with Gasteiger partial charge in [0.05, 0.1) is 10.4 Å². The number of fused-ring (bicyclic) bond motifs is 5. The molecule has 2 amide bonds. The lowest BCUT2D eigenvalue weighted by Crippen LogP contribution is -2.49. The third kappa shape index (κ3) is 4.55. The van der Waals surface area contributed by atoms with E-state index in [0.29, 0.717) is 54.7 Å². The van der Waals surface area contributed by atoms with Crippen LogP contribution < -0.4 is 9.64 Å². The minimum absolute atomic E-state index is 0.0158. The van der Waals surface area contributed by atoms with Crippen LogP contribution in [0.1, 0.15) is 31.2 Å². The molecular weight excluding hydrogens is 595 g/mol. The van der Waals surface area contributed by atoms with E-state index in [4.69, 9.17) is 21.3 Å². The van der Waals surface area contributed by atoms with Gasteiger partial charge in [0.2, 0.25) is 17.7 Å². The van der Waals surface area contributed by atoms with Crippen molar-refractivity contribution < 1.29 is 23.8 Å². The fraction of sp³-hybridized carbons (Fsp3) is 0.343. The smallest absolute Gasteiger partial charge is 0.245 e. The van der Waals surface area contributed by atoms with Crippen molar-refractivity contribution in [1.82, 2.24) is 14.8 Å². The Balaban J connectivity index is 1.46. The minimum Gasteiger partial charge on any atom is -0.508 e. The Morgan fingerprint density at radius 1 is 1.18 bits per heavy atom. The lowest BCUT2D eigenvalue weighted by atomic mass is 9.72. The molecule has 45 heavy (non-hydrogen) atoms. The highest BCUT2D eigenvalue weighted by Gasteiger charge is 2.54. The van der Waals surface area contributed by atoms with Crippen LogP contribution in [0.5, 0.6) is 11.6 Å². The van der Waals surface area contributed by atoms with Crippen LogP contribution in [-0.2, 0) is 15.0 Å². The van der Waals surface area contributed by atoms with Crippen LogP contribution in [0.3, 0.4) is 0 Å². The van der Waals surface area contributed by atoms with E-state index in [2.05, 4.69) is 18.5 Å². The lowest BCUT2D eigenvalue weighted by Gasteiger charge is -2.38. The van der Waals surface area contributed by atoms with E-state index in [9.17, 15) is 14.7 Å². The number of amides is 2. The lowest BCUT2D eigenvalue weighted by molar-refractivity contribution is -0.131. The van der Waals surface area contributed by atoms with Crippen molar-refractivity contribution in [2.75, 3.05) is 45.2 Å². The van der Waals surface area contributed by atoms with E-state index in [1.165, 1.54) is 12.1 Å². The third-order valence-electron chi connectivity index (χ3n) is 9.95. The largest absolute Gasteiger partial charge is 0.508 e. The molecule has 1 atom stereocenters. The fourth-order valence-corrected chi connectivity index (χ4v) is 7.83. The molecule has 10 heteroatoms. The number of benzene rings is 3. The highest BCUT2D eigenvalue weighted by atomic mass is 35.5. The van der Waals surface area contributed by atoms with Gasteiger partial charge < -0.3 is 24.5 Å². The van der Waals surface area contributed by atoms with Gasteiger partial charge in [0.15, 0.2) is 5.82 Å². The average molecular weight is 629 g/mol. The number of phenolic OH excluding ortho intramolecular Hbond substituents is 1. The van der Waals surface area contributed by atoms with E-state index in [1.54, 1.807) is 29.0 Å². The number of aromatic hydroxyl groups is 1. The van der Waals surface area contributed by atoms with Crippen LogP contribution in [0.25, 0.3) is 32.8 Å². The first kappa shape index (κ1) is 29.5. The number of carbonyl (C=O) groups is 2. The second kappa shape index (κ2) is 11.0. The molecule has 0 aliphatic carbocycles. The molecule has 0 saturated carbocycles. The van der Waals surface area contributed by atoms with Gasteiger partial charge in [0.1, 0.15) is 23.6 Å². The second-order valence-corrected chi connectivity index (χ2v) is 12.8. The monoisotopic (exact) mass is 628 g/mol. The number of anilines is 1. The maximum atomic E-state index is 17.0. The summed E-state index contributed by atoms with van der Waals surface area (Å²) in [4.78, 5) is 36.9. The Hall–Kier alpha value is -4.21. The van der Waals surface area contributed by atoms with Gasteiger partial charge in [-0.1, -0.05) is 42.4 Å². The van der Waals surface area contributed by atoms with Crippen LogP contribution in [0.4, 0.5) is 10.1 Å². The first-order valence-corrected chi connectivity index (χ1v) is 15.6. The van der Waals surface area contributed by atoms with Gasteiger partial charge in [0.25, 0.3) is 0 Å². The quantitative estimate of drug-likeness (QED) is 0.271. The molecule has 7 rings (SSSR count). The van der Waals surface area contributed by atoms with E-state index >= 15 is 4.39 Å². The topological polar surface area (TPSA) is 86.2 Å². The molecule has 3 aromatic carbocycles. The zero-order valence-electron chi connectivity index (χ0n) is 25.3. The zero-order chi connectivity index (χ0) is 31.6. The first-order valence-electron chi connectivity index (χ1n) is 15.3. The predicted molar refractivity (Wildman–Crippen MR) is 174 cm³/mol. The molecule has 8 nitrogen and oxygen atoms in total. The van der Waals surface area contributed by atoms with Gasteiger partial charge in [0, 0.05) is 42.7 Å². The Morgan fingerprint density at radius 3 is 2.64 bits per heavy atom. The molecule has 2 saturated heterocycles. The Bertz CT molecular complexity index is 1900. The summed E-state index contributed by atoms with van der Waals surface area (Å²) < 4.78 is 23.4. The molecule has 0 radical (unpaired) electrons. The number of likely N-dealkylation sites (tertiary alicyclic amines) is 2. The molecule has 1 spiro atoms. The zero-order valence-corrected chi connectivity index (χ0v) is 26.0. The van der Waals surface area contributed by atoms with Crippen molar-refractivity contribution >= 4 is 50.8 Å². The van der Waals surface area contributed by atoms with Gasteiger partial charge in [-0.15, -0.1) is 0 Å². The molecule has 4 heterocycles. The third-order valence-corrected chi connectivity index (χ3v) is 10.2. The van der Waals surface area contributed by atoms with Crippen LogP contribution >= 0.6 is 11.6 Å². The normalized spacial score (nSPS) is 19.6. The van der Waals surface area contributed by atoms with E-state index in [0.717, 1.165) is 30.2 Å². The van der Waals surface area contributed by atoms with Gasteiger partial charge in [-0.3, -0.25) is 9.59 Å². The maximum absolute atomic E-state index is 17.0. The maximum Gasteiger partial charge on any atom is 0.245 e. The summed E-state index contributed by atoms with van der Waals surface area (Å²) >= 11 is 6.94. The van der Waals surface area contributed by atoms with Gasteiger partial charge >= 0.3 is 0 Å². The van der Waals surface area contributed by atoms with Crippen molar-refractivity contribution in [3.05, 3.63) is 71.5 Å². The standard InChI is InChI=1S/C35H34ClFN4O4/c1-4-27(43)41-14-11-35(12-15-41)29-25-18-26(36)28(24-17-22(42)16-20-8-5-6-10-23(20)24)30(37)31(25)38-33(32(29)40(3)34(35)44)45-19-21-9-7-13-39(21)2/h4-6,8,10,16-18,21,42H,1,7,9,11-15,19H2,2-3H3. The predicted octanol–water partition coefficient (Wildman–Crippen LogP) is 6.05. The summed E-state index contributed by atoms with van der Waals surface area (Å²) in [6, 6.07) is 12.4. The van der Waals surface area contributed by atoms with Crippen molar-refractivity contribution in [2.24, 2.45) is 0 Å². The van der Waals surface area contributed by atoms with E-state index < -0.39 is 11.2 Å². The van der Waals surface area contributed by atoms with Crippen molar-refractivity contribution in [2.45, 2.75) is 37.1 Å². The second-order valence-electron chi connectivity index (χ2n) is 12.4. The number of nitrogens with zero attached hydrogens (tertiary/aromatic N) is 4. The number of likely N-dealkylation sites (N-methyl/N-ethyl adjacent to an activating group) is 2. The fourth-order valence-electron chi connectivity index (χ4n) is 7.54. The Kier molecular flexibility index (Phi) is 7.21. The van der Waals surface area contributed by atoms with E-state index in [-0.39, 0.29) is 45.6 Å². The minimum atomic E-state index is -1.01. The summed E-state index contributed by atoms with van der Waals surface area (Å²) in [5.41, 5.74) is 0.731. The summed E-state index contributed by atoms with van der Waals surface area (Å²) in [5.74, 6) is -0.804. The van der Waals surface area contributed by atoms with E-state index in [1.807, 2.05) is 24.3 Å². The molecule has 0 bridgehead atoms. The molecule has 3 aliphatic rings. The molecular formula is C35H34ClFN4O4. The summed E-state index contributed by atoms with van der Waals surface area (Å²) in [7, 11) is 3.75. The van der Waals surface area contributed by atoms with Crippen molar-refractivity contribution in [3.8, 4) is 22.8 Å². The number of carbonyl (C=O) groups excluding carboxylic acids is 2. The number of phenols is 1. The van der Waals surface area contributed by atoms with Gasteiger partial charge in [-0.2, -0.15) is 0 Å². The molecule has 4 aromatic rings. The summed E-state index contributed by atoms with van der Waals surface area (Å²) in [6.07, 6.45) is 4.01. The first-order chi connectivity index (χ1) is 21.6. The molecule has 1 N–H and O–H groups in total. The van der Waals surface area contributed by atoms with Crippen LogP contribution in [0.2, 0.25) is 5.02 Å². The number of pyridine rings is 1. The molecule has 2 fully saturated rings. The van der Waals surface area contributed by atoms with Crippen LogP contribution in [0, 0.1) is 5.82 Å². The molecule has 232 valence electrons. The number of piperidine rings is 1. The average Bonchev–Trinajstić information content (AvgIpc) is 3.54. The Labute approximate surface area is 265 Å². The van der Waals surface area contributed by atoms with Crippen LogP contribution in [-0.4, -0.2) is 78.1 Å². The van der Waals surface area contributed by atoms with Gasteiger partial charge in [-0.05, 0) is 79.9 Å². The highest BCUT2D eigenvalue weighted by Crippen LogP contribution is 2.55. The number of rotatable bonds is 5. The van der Waals surface area contributed by atoms with Crippen LogP contribution in [0.15, 0.2) is 55.1 Å². The number of ether oxygens (including phenoxy) is 1. The number of aromatic nitrogens is 1. The molecule has 1 unspecified atom stereocenters.